The molecule has 5 atom stereocenters. The number of carbonyl (C=O) groups is 4. The molecule has 1 aliphatic rings. The Morgan fingerprint density at radius 2 is 1.81 bits per heavy atom. The summed E-state index contributed by atoms with van der Waals surface area (Å²) in [4.78, 5) is 52.4. The van der Waals surface area contributed by atoms with Crippen LogP contribution in [0.4, 0.5) is 5.13 Å². The Kier molecular flexibility index (Phi) is 8.75. The van der Waals surface area contributed by atoms with Gasteiger partial charge in [-0.3, -0.25) is 19.2 Å². The molecule has 1 aliphatic heterocycles. The zero-order chi connectivity index (χ0) is 27.5. The van der Waals surface area contributed by atoms with E-state index in [1.807, 2.05) is 6.07 Å². The van der Waals surface area contributed by atoms with Crippen LogP contribution < -0.4 is 15.4 Å². The summed E-state index contributed by atoms with van der Waals surface area (Å²) < 4.78 is 23.9. The second-order valence-corrected chi connectivity index (χ2v) is 11.0. The van der Waals surface area contributed by atoms with E-state index in [4.69, 9.17) is 18.9 Å². The van der Waals surface area contributed by atoms with Crippen molar-refractivity contribution in [2.45, 2.75) is 73.0 Å². The average molecular weight is 536 g/mol. The van der Waals surface area contributed by atoms with E-state index in [-0.39, 0.29) is 18.4 Å². The first-order valence-electron chi connectivity index (χ1n) is 11.9. The quantitative estimate of drug-likeness (QED) is 0.512. The molecule has 0 radical (unpaired) electrons. The molecule has 11 nitrogen and oxygen atoms in total. The number of aromatic nitrogens is 1. The van der Waals surface area contributed by atoms with E-state index in [2.05, 4.69) is 15.6 Å². The van der Waals surface area contributed by atoms with Crippen molar-refractivity contribution in [3.05, 3.63) is 18.2 Å². The number of nitrogens with zero attached hydrogens (tertiary/aromatic N) is 1. The molecule has 1 fully saturated rings. The number of thiazole rings is 1. The molecule has 0 unspecified atom stereocenters. The van der Waals surface area contributed by atoms with E-state index >= 15 is 0 Å². The van der Waals surface area contributed by atoms with Crippen LogP contribution in [0.3, 0.4) is 0 Å². The predicted octanol–water partition coefficient (Wildman–Crippen LogP) is 3.02. The first kappa shape index (κ1) is 28.3. The largest absolute Gasteiger partial charge is 0.463 e. The summed E-state index contributed by atoms with van der Waals surface area (Å²) in [5, 5.41) is 6.01. The Morgan fingerprint density at radius 3 is 2.41 bits per heavy atom. The number of esters is 2. The molecule has 202 valence electrons. The molecule has 3 rings (SSSR count). The number of ether oxygens (including phenoxy) is 4. The molecule has 1 aromatic carbocycles. The lowest BCUT2D eigenvalue weighted by Crippen LogP contribution is -2.63. The molecule has 0 spiro atoms. The number of amides is 2. The summed E-state index contributed by atoms with van der Waals surface area (Å²) in [5.74, 6) is -1.67. The third-order valence-electron chi connectivity index (χ3n) is 5.71. The van der Waals surface area contributed by atoms with Crippen LogP contribution in [0.5, 0.6) is 5.75 Å². The summed E-state index contributed by atoms with van der Waals surface area (Å²) in [6.45, 7) is 11.0. The van der Waals surface area contributed by atoms with E-state index in [9.17, 15) is 19.2 Å². The molecule has 2 N–H and O–H groups in total. The van der Waals surface area contributed by atoms with Crippen molar-refractivity contribution in [1.82, 2.24) is 10.3 Å². The Balaban J connectivity index is 1.96. The second kappa shape index (κ2) is 11.4. The molecule has 2 heterocycles. The molecular formula is C25H33N3O8S. The summed E-state index contributed by atoms with van der Waals surface area (Å²) in [6.07, 6.45) is -2.61. The van der Waals surface area contributed by atoms with E-state index in [0.29, 0.717) is 16.4 Å². The van der Waals surface area contributed by atoms with Gasteiger partial charge in [-0.05, 0) is 12.1 Å². The first-order chi connectivity index (χ1) is 17.3. The van der Waals surface area contributed by atoms with Gasteiger partial charge in [-0.1, -0.05) is 45.1 Å². The number of anilines is 1. The van der Waals surface area contributed by atoms with Crippen LogP contribution in [-0.2, 0) is 33.4 Å². The number of para-hydroxylation sites is 1. The number of carbonyl (C=O) groups excluding carboxylic acids is 4. The van der Waals surface area contributed by atoms with Gasteiger partial charge in [-0.2, -0.15) is 0 Å². The van der Waals surface area contributed by atoms with Crippen LogP contribution in [0.25, 0.3) is 10.2 Å². The van der Waals surface area contributed by atoms with Crippen molar-refractivity contribution in [1.29, 1.82) is 0 Å². The van der Waals surface area contributed by atoms with Crippen LogP contribution in [0.2, 0.25) is 0 Å². The maximum absolute atomic E-state index is 12.4. The summed E-state index contributed by atoms with van der Waals surface area (Å²) in [6, 6.07) is 4.43. The van der Waals surface area contributed by atoms with Crippen LogP contribution in [0.15, 0.2) is 18.2 Å². The van der Waals surface area contributed by atoms with Gasteiger partial charge in [0.05, 0.1) is 4.70 Å². The van der Waals surface area contributed by atoms with Crippen LogP contribution in [0.1, 0.15) is 48.5 Å². The third-order valence-corrected chi connectivity index (χ3v) is 6.65. The highest BCUT2D eigenvalue weighted by Gasteiger charge is 2.48. The fraction of sp³-hybridized carbons (Fsp3) is 0.560. The van der Waals surface area contributed by atoms with Crippen molar-refractivity contribution >= 4 is 50.4 Å². The van der Waals surface area contributed by atoms with Crippen LogP contribution >= 0.6 is 11.3 Å². The van der Waals surface area contributed by atoms with Gasteiger partial charge < -0.3 is 29.6 Å². The van der Waals surface area contributed by atoms with Gasteiger partial charge in [0.1, 0.15) is 36.1 Å². The standard InChI is InChI=1S/C25H33N3O8S/c1-12-17(11-33-14(3)30)36-22(20(26-13(2)29)21(12)34-15(4)31)35-16-9-8-10-18-19(16)27-24(37-18)28-23(32)25(5,6)7/h8-10,12,17,20-22H,11H2,1-7H3,(H,26,29)(H,27,28,32)/t12-,17-,20-,21+,22-/m0/s1. The number of hydrogen-bond acceptors (Lipinski definition) is 10. The van der Waals surface area contributed by atoms with E-state index < -0.39 is 47.8 Å². The molecule has 0 bridgehead atoms. The molecule has 1 saturated heterocycles. The molecule has 12 heteroatoms. The Hall–Kier alpha value is -3.25. The zero-order valence-corrected chi connectivity index (χ0v) is 22.8. The van der Waals surface area contributed by atoms with Gasteiger partial charge in [0.15, 0.2) is 5.13 Å². The molecular weight excluding hydrogens is 502 g/mol. The topological polar surface area (TPSA) is 142 Å². The molecule has 2 aromatic rings. The summed E-state index contributed by atoms with van der Waals surface area (Å²) >= 11 is 1.29. The van der Waals surface area contributed by atoms with Gasteiger partial charge in [-0.25, -0.2) is 4.98 Å². The summed E-state index contributed by atoms with van der Waals surface area (Å²) in [7, 11) is 0. The predicted molar refractivity (Wildman–Crippen MR) is 136 cm³/mol. The molecule has 0 saturated carbocycles. The van der Waals surface area contributed by atoms with Gasteiger partial charge >= 0.3 is 11.9 Å². The monoisotopic (exact) mass is 535 g/mol. The number of benzene rings is 1. The van der Waals surface area contributed by atoms with Crippen molar-refractivity contribution < 1.29 is 38.1 Å². The first-order valence-corrected chi connectivity index (χ1v) is 12.7. The van der Waals surface area contributed by atoms with Gasteiger partial charge in [0.2, 0.25) is 18.1 Å². The lowest BCUT2D eigenvalue weighted by Gasteiger charge is -2.44. The van der Waals surface area contributed by atoms with Crippen molar-refractivity contribution in [3.63, 3.8) is 0 Å². The molecule has 37 heavy (non-hydrogen) atoms. The molecule has 2 amide bonds. The Morgan fingerprint density at radius 1 is 1.11 bits per heavy atom. The minimum absolute atomic E-state index is 0.0925. The van der Waals surface area contributed by atoms with Crippen molar-refractivity contribution in [3.8, 4) is 5.75 Å². The Bertz CT molecular complexity index is 1170. The van der Waals surface area contributed by atoms with Gasteiger partial charge in [0.25, 0.3) is 0 Å². The number of nitrogens with one attached hydrogen (secondary N) is 2. The van der Waals surface area contributed by atoms with E-state index in [1.54, 1.807) is 39.8 Å². The highest BCUT2D eigenvalue weighted by Crippen LogP contribution is 2.36. The van der Waals surface area contributed by atoms with Gasteiger partial charge in [-0.15, -0.1) is 0 Å². The fourth-order valence-electron chi connectivity index (χ4n) is 3.80. The lowest BCUT2D eigenvalue weighted by molar-refractivity contribution is -0.233. The maximum Gasteiger partial charge on any atom is 0.302 e. The zero-order valence-electron chi connectivity index (χ0n) is 21.9. The number of rotatable bonds is 7. The average Bonchev–Trinajstić information content (AvgIpc) is 3.19. The minimum Gasteiger partial charge on any atom is -0.463 e. The van der Waals surface area contributed by atoms with Crippen LogP contribution in [0, 0.1) is 11.3 Å². The highest BCUT2D eigenvalue weighted by atomic mass is 32.1. The number of hydrogen-bond donors (Lipinski definition) is 2. The molecule has 1 aromatic heterocycles. The fourth-order valence-corrected chi connectivity index (χ4v) is 4.68. The highest BCUT2D eigenvalue weighted by molar-refractivity contribution is 7.22. The smallest absolute Gasteiger partial charge is 0.302 e. The maximum atomic E-state index is 12.4. The minimum atomic E-state index is -1.11. The molecule has 0 aliphatic carbocycles. The van der Waals surface area contributed by atoms with Crippen molar-refractivity contribution in [2.75, 3.05) is 11.9 Å². The second-order valence-electron chi connectivity index (χ2n) is 9.95. The number of fused-ring (bicyclic) bond motifs is 1. The van der Waals surface area contributed by atoms with Crippen molar-refractivity contribution in [2.24, 2.45) is 11.3 Å². The SMILES string of the molecule is CC(=O)N[C@@H]1[C@@H](Oc2cccc3sc(NC(=O)C(C)(C)C)nc23)O[C@@H](COC(C)=O)[C@H](C)[C@H]1OC(C)=O. The normalized spacial score (nSPS) is 23.7. The van der Waals surface area contributed by atoms with E-state index in [1.165, 1.54) is 32.1 Å². The lowest BCUT2D eigenvalue weighted by atomic mass is 9.89. The Labute approximate surface area is 219 Å². The third kappa shape index (κ3) is 7.16. The summed E-state index contributed by atoms with van der Waals surface area (Å²) in [5.41, 5.74) is -0.112. The van der Waals surface area contributed by atoms with Crippen LogP contribution in [-0.4, -0.2) is 59.9 Å². The van der Waals surface area contributed by atoms with Gasteiger partial charge in [0, 0.05) is 32.1 Å². The van der Waals surface area contributed by atoms with E-state index in [0.717, 1.165) is 4.70 Å².